The molecule has 3 aromatic rings. The largest absolute Gasteiger partial charge is 0.493 e. The summed E-state index contributed by atoms with van der Waals surface area (Å²) in [5.41, 5.74) is 4.55. The van der Waals surface area contributed by atoms with E-state index in [9.17, 15) is 4.79 Å². The normalized spacial score (nSPS) is 15.7. The third-order valence-electron chi connectivity index (χ3n) is 5.38. The van der Waals surface area contributed by atoms with Crippen molar-refractivity contribution < 1.29 is 14.3 Å². The molecule has 1 amide bonds. The van der Waals surface area contributed by atoms with Crippen molar-refractivity contribution in [1.29, 1.82) is 0 Å². The molecule has 0 saturated heterocycles. The van der Waals surface area contributed by atoms with E-state index >= 15 is 0 Å². The van der Waals surface area contributed by atoms with Gasteiger partial charge in [0.05, 0.1) is 26.7 Å². The molecule has 4 nitrogen and oxygen atoms in total. The number of carbonyl (C=O) groups is 1. The van der Waals surface area contributed by atoms with Crippen LogP contribution in [0.5, 0.6) is 11.5 Å². The van der Waals surface area contributed by atoms with E-state index in [1.807, 2.05) is 49.4 Å². The first-order valence-electron chi connectivity index (χ1n) is 9.51. The molecular formula is C24H21Cl2NO3. The van der Waals surface area contributed by atoms with E-state index in [0.717, 1.165) is 27.9 Å². The molecule has 0 N–H and O–H groups in total. The standard InChI is InChI=1S/C24H21Cl2NO3/c1-14-4-7-17(8-5-14)27-23(28)11-15-10-21(29-2)22(30-3)13-19(15)24(27)18-9-6-16(25)12-20(18)26/h4-10,12-13,24H,11H2,1-3H3. The van der Waals surface area contributed by atoms with Gasteiger partial charge in [0.1, 0.15) is 0 Å². The maximum atomic E-state index is 13.3. The van der Waals surface area contributed by atoms with Crippen LogP contribution in [0.15, 0.2) is 54.6 Å². The van der Waals surface area contributed by atoms with Crippen molar-refractivity contribution in [3.05, 3.63) is 86.9 Å². The third-order valence-corrected chi connectivity index (χ3v) is 5.94. The third kappa shape index (κ3) is 3.62. The van der Waals surface area contributed by atoms with Crippen LogP contribution in [0, 0.1) is 6.92 Å². The second-order valence-corrected chi connectivity index (χ2v) is 8.09. The Bertz CT molecular complexity index is 1110. The lowest BCUT2D eigenvalue weighted by Gasteiger charge is -2.38. The predicted octanol–water partition coefficient (Wildman–Crippen LogP) is 6.00. The second kappa shape index (κ2) is 8.21. The lowest BCUT2D eigenvalue weighted by molar-refractivity contribution is -0.118. The highest BCUT2D eigenvalue weighted by atomic mass is 35.5. The van der Waals surface area contributed by atoms with Gasteiger partial charge in [-0.2, -0.15) is 0 Å². The quantitative estimate of drug-likeness (QED) is 0.498. The maximum absolute atomic E-state index is 13.3. The minimum Gasteiger partial charge on any atom is -0.493 e. The van der Waals surface area contributed by atoms with Gasteiger partial charge in [-0.05, 0) is 60.0 Å². The van der Waals surface area contributed by atoms with Gasteiger partial charge in [-0.1, -0.05) is 47.0 Å². The summed E-state index contributed by atoms with van der Waals surface area (Å²) in [7, 11) is 3.18. The van der Waals surface area contributed by atoms with Crippen LogP contribution < -0.4 is 14.4 Å². The van der Waals surface area contributed by atoms with Crippen LogP contribution in [-0.2, 0) is 11.2 Å². The minimum absolute atomic E-state index is 0.0189. The van der Waals surface area contributed by atoms with Crippen molar-refractivity contribution in [2.24, 2.45) is 0 Å². The number of hydrogen-bond donors (Lipinski definition) is 0. The van der Waals surface area contributed by atoms with Crippen molar-refractivity contribution in [3.63, 3.8) is 0 Å². The number of anilines is 1. The molecule has 0 bridgehead atoms. The number of hydrogen-bond acceptors (Lipinski definition) is 3. The predicted molar refractivity (Wildman–Crippen MR) is 120 cm³/mol. The molecule has 0 saturated carbocycles. The molecule has 1 aliphatic rings. The van der Waals surface area contributed by atoms with Gasteiger partial charge in [0.25, 0.3) is 0 Å². The van der Waals surface area contributed by atoms with Crippen molar-refractivity contribution in [2.75, 3.05) is 19.1 Å². The number of fused-ring (bicyclic) bond motifs is 1. The molecule has 0 fully saturated rings. The Labute approximate surface area is 185 Å². The van der Waals surface area contributed by atoms with E-state index in [-0.39, 0.29) is 12.3 Å². The fourth-order valence-corrected chi connectivity index (χ4v) is 4.42. The van der Waals surface area contributed by atoms with Gasteiger partial charge in [-0.15, -0.1) is 0 Å². The lowest BCUT2D eigenvalue weighted by Crippen LogP contribution is -2.41. The van der Waals surface area contributed by atoms with E-state index in [0.29, 0.717) is 21.5 Å². The lowest BCUT2D eigenvalue weighted by atomic mass is 9.86. The Morgan fingerprint density at radius 3 is 2.20 bits per heavy atom. The van der Waals surface area contributed by atoms with Crippen LogP contribution >= 0.6 is 23.2 Å². The SMILES string of the molecule is COc1cc2c(cc1OC)C(c1ccc(Cl)cc1Cl)N(c1ccc(C)cc1)C(=O)C2. The molecule has 1 aliphatic heterocycles. The molecule has 1 atom stereocenters. The van der Waals surface area contributed by atoms with Crippen molar-refractivity contribution in [1.82, 2.24) is 0 Å². The molecule has 3 aromatic carbocycles. The summed E-state index contributed by atoms with van der Waals surface area (Å²) in [5, 5.41) is 1.04. The smallest absolute Gasteiger partial charge is 0.232 e. The summed E-state index contributed by atoms with van der Waals surface area (Å²) in [6.45, 7) is 2.02. The zero-order valence-electron chi connectivity index (χ0n) is 16.9. The van der Waals surface area contributed by atoms with Gasteiger partial charge >= 0.3 is 0 Å². The molecule has 4 rings (SSSR count). The molecule has 0 aromatic heterocycles. The average Bonchev–Trinajstić information content (AvgIpc) is 2.73. The summed E-state index contributed by atoms with van der Waals surface area (Å²) in [6.07, 6.45) is 0.255. The Balaban J connectivity index is 1.97. The van der Waals surface area contributed by atoms with Crippen LogP contribution in [0.3, 0.4) is 0 Å². The number of rotatable bonds is 4. The number of aryl methyl sites for hydroxylation is 1. The van der Waals surface area contributed by atoms with E-state index < -0.39 is 6.04 Å². The number of carbonyl (C=O) groups excluding carboxylic acids is 1. The Kier molecular flexibility index (Phi) is 5.63. The fourth-order valence-electron chi connectivity index (χ4n) is 3.90. The summed E-state index contributed by atoms with van der Waals surface area (Å²) in [6, 6.07) is 16.6. The van der Waals surface area contributed by atoms with Crippen molar-refractivity contribution in [3.8, 4) is 11.5 Å². The van der Waals surface area contributed by atoms with E-state index in [1.54, 1.807) is 31.3 Å². The first kappa shape index (κ1) is 20.6. The zero-order valence-corrected chi connectivity index (χ0v) is 18.4. The molecule has 1 unspecified atom stereocenters. The summed E-state index contributed by atoms with van der Waals surface area (Å²) in [4.78, 5) is 15.1. The van der Waals surface area contributed by atoms with Gasteiger partial charge in [-0.25, -0.2) is 0 Å². The molecular weight excluding hydrogens is 421 g/mol. The molecule has 6 heteroatoms. The number of amides is 1. The summed E-state index contributed by atoms with van der Waals surface area (Å²) >= 11 is 12.8. The molecule has 0 spiro atoms. The molecule has 0 radical (unpaired) electrons. The number of benzene rings is 3. The Hall–Kier alpha value is -2.69. The van der Waals surface area contributed by atoms with Gasteiger partial charge in [0.2, 0.25) is 5.91 Å². The maximum Gasteiger partial charge on any atom is 0.232 e. The average molecular weight is 442 g/mol. The van der Waals surface area contributed by atoms with Crippen LogP contribution in [0.25, 0.3) is 0 Å². The number of halogens is 2. The van der Waals surface area contributed by atoms with Crippen molar-refractivity contribution in [2.45, 2.75) is 19.4 Å². The highest BCUT2D eigenvalue weighted by Gasteiger charge is 2.36. The van der Waals surface area contributed by atoms with Crippen LogP contribution in [0.2, 0.25) is 10.0 Å². The molecule has 0 aliphatic carbocycles. The van der Waals surface area contributed by atoms with Gasteiger partial charge in [-0.3, -0.25) is 4.79 Å². The molecule has 154 valence electrons. The molecule has 1 heterocycles. The number of nitrogens with zero attached hydrogens (tertiary/aromatic N) is 1. The van der Waals surface area contributed by atoms with E-state index in [4.69, 9.17) is 32.7 Å². The monoisotopic (exact) mass is 441 g/mol. The first-order chi connectivity index (χ1) is 14.4. The fraction of sp³-hybridized carbons (Fsp3) is 0.208. The number of methoxy groups -OCH3 is 2. The zero-order chi connectivity index (χ0) is 21.4. The van der Waals surface area contributed by atoms with Gasteiger partial charge in [0, 0.05) is 15.7 Å². The summed E-state index contributed by atoms with van der Waals surface area (Å²) in [5.74, 6) is 1.17. The Morgan fingerprint density at radius 1 is 0.900 bits per heavy atom. The second-order valence-electron chi connectivity index (χ2n) is 7.25. The van der Waals surface area contributed by atoms with Gasteiger partial charge < -0.3 is 14.4 Å². The van der Waals surface area contributed by atoms with E-state index in [2.05, 4.69) is 0 Å². The molecule has 30 heavy (non-hydrogen) atoms. The minimum atomic E-state index is -0.423. The van der Waals surface area contributed by atoms with Crippen LogP contribution in [0.1, 0.15) is 28.3 Å². The Morgan fingerprint density at radius 2 is 1.57 bits per heavy atom. The van der Waals surface area contributed by atoms with Crippen LogP contribution in [-0.4, -0.2) is 20.1 Å². The van der Waals surface area contributed by atoms with Gasteiger partial charge in [0.15, 0.2) is 11.5 Å². The van der Waals surface area contributed by atoms with Crippen LogP contribution in [0.4, 0.5) is 5.69 Å². The highest BCUT2D eigenvalue weighted by molar-refractivity contribution is 6.35. The number of ether oxygens (including phenoxy) is 2. The highest BCUT2D eigenvalue weighted by Crippen LogP contribution is 2.45. The van der Waals surface area contributed by atoms with E-state index in [1.165, 1.54) is 0 Å². The summed E-state index contributed by atoms with van der Waals surface area (Å²) < 4.78 is 11.0. The van der Waals surface area contributed by atoms with Crippen molar-refractivity contribution >= 4 is 34.8 Å². The first-order valence-corrected chi connectivity index (χ1v) is 10.3. The topological polar surface area (TPSA) is 38.8 Å².